The minimum Gasteiger partial charge on any atom is -0.484 e. The van der Waals surface area contributed by atoms with E-state index in [2.05, 4.69) is 14.6 Å². The monoisotopic (exact) mass is 476 g/mol. The lowest BCUT2D eigenvalue weighted by Gasteiger charge is -2.14. The molecule has 0 aliphatic rings. The van der Waals surface area contributed by atoms with E-state index in [1.807, 2.05) is 5.43 Å². The van der Waals surface area contributed by atoms with Crippen LogP contribution in [-0.4, -0.2) is 42.8 Å². The average Bonchev–Trinajstić information content (AvgIpc) is 3.06. The summed E-state index contributed by atoms with van der Waals surface area (Å²) in [7, 11) is 0. The number of rotatable bonds is 7. The van der Waals surface area contributed by atoms with Crippen molar-refractivity contribution in [2.75, 3.05) is 13.2 Å². The number of hydrazone groups is 1. The maximum atomic E-state index is 12.5. The summed E-state index contributed by atoms with van der Waals surface area (Å²) < 4.78 is 88.8. The van der Waals surface area contributed by atoms with Crippen LogP contribution in [0, 0.1) is 0 Å². The van der Waals surface area contributed by atoms with Crippen molar-refractivity contribution < 1.29 is 50.1 Å². The van der Waals surface area contributed by atoms with Crippen LogP contribution in [0.3, 0.4) is 0 Å². The van der Waals surface area contributed by atoms with Crippen LogP contribution in [0.1, 0.15) is 16.1 Å². The zero-order valence-electron chi connectivity index (χ0n) is 16.3. The Bertz CT molecular complexity index is 1170. The van der Waals surface area contributed by atoms with Gasteiger partial charge in [-0.1, -0.05) is 18.2 Å². The fraction of sp³-hybridized carbons (Fsp3) is 0.200. The number of carbonyl (C=O) groups excluding carboxylic acids is 1. The van der Waals surface area contributed by atoms with E-state index in [4.69, 9.17) is 4.42 Å². The number of nitrogens with one attached hydrogen (secondary N) is 1. The number of amides is 1. The molecular weight excluding hydrogens is 462 g/mol. The van der Waals surface area contributed by atoms with Crippen molar-refractivity contribution in [1.82, 2.24) is 5.43 Å². The molecule has 0 spiro atoms. The zero-order chi connectivity index (χ0) is 24.2. The molecule has 2 N–H and O–H groups in total. The summed E-state index contributed by atoms with van der Waals surface area (Å²) in [5.41, 5.74) is 1.46. The number of furan rings is 1. The molecule has 1 aromatic heterocycles. The highest BCUT2D eigenvalue weighted by Crippen LogP contribution is 2.30. The van der Waals surface area contributed by atoms with Crippen molar-refractivity contribution in [2.24, 2.45) is 5.10 Å². The molecule has 3 rings (SSSR count). The maximum absolute atomic E-state index is 12.5. The fourth-order valence-electron chi connectivity index (χ4n) is 2.63. The van der Waals surface area contributed by atoms with E-state index in [0.717, 1.165) is 24.4 Å². The molecule has 0 saturated carbocycles. The molecule has 33 heavy (non-hydrogen) atoms. The number of nitrogens with zero attached hydrogens (tertiary/aromatic N) is 1. The van der Waals surface area contributed by atoms with E-state index in [1.54, 1.807) is 24.3 Å². The first-order valence-electron chi connectivity index (χ1n) is 9.00. The smallest absolute Gasteiger partial charge is 0.422 e. The second-order valence-corrected chi connectivity index (χ2v) is 6.48. The third-order valence-corrected chi connectivity index (χ3v) is 3.97. The van der Waals surface area contributed by atoms with E-state index >= 15 is 0 Å². The van der Waals surface area contributed by atoms with Crippen LogP contribution in [0.25, 0.3) is 10.8 Å². The van der Waals surface area contributed by atoms with Crippen molar-refractivity contribution in [1.29, 1.82) is 0 Å². The molecule has 7 nitrogen and oxygen atoms in total. The van der Waals surface area contributed by atoms with Crippen molar-refractivity contribution in [3.05, 3.63) is 53.8 Å². The lowest BCUT2D eigenvalue weighted by Crippen LogP contribution is -2.23. The zero-order valence-corrected chi connectivity index (χ0v) is 16.3. The number of ether oxygens (including phenoxy) is 2. The molecule has 0 aliphatic heterocycles. The molecule has 0 bridgehead atoms. The lowest BCUT2D eigenvalue weighted by molar-refractivity contribution is -0.154. The highest BCUT2D eigenvalue weighted by atomic mass is 19.4. The van der Waals surface area contributed by atoms with Crippen LogP contribution in [0.2, 0.25) is 0 Å². The highest BCUT2D eigenvalue weighted by molar-refractivity contribution is 6.01. The minimum atomic E-state index is -4.72. The molecule has 1 amide bonds. The molecule has 13 heteroatoms. The summed E-state index contributed by atoms with van der Waals surface area (Å²) >= 11 is 0. The second kappa shape index (κ2) is 9.30. The third kappa shape index (κ3) is 6.54. The number of carbonyl (C=O) groups is 1. The highest BCUT2D eigenvalue weighted by Gasteiger charge is 2.30. The van der Waals surface area contributed by atoms with Crippen LogP contribution in [0.15, 0.2) is 52.0 Å². The van der Waals surface area contributed by atoms with Gasteiger partial charge in [-0.2, -0.15) is 31.4 Å². The largest absolute Gasteiger partial charge is 0.484 e. The van der Waals surface area contributed by atoms with Crippen molar-refractivity contribution in [2.45, 2.75) is 12.4 Å². The Balaban J connectivity index is 1.81. The fourth-order valence-corrected chi connectivity index (χ4v) is 2.63. The van der Waals surface area contributed by atoms with Crippen LogP contribution >= 0.6 is 0 Å². The van der Waals surface area contributed by atoms with E-state index in [1.165, 1.54) is 0 Å². The van der Waals surface area contributed by atoms with Gasteiger partial charge < -0.3 is 19.0 Å². The van der Waals surface area contributed by atoms with E-state index < -0.39 is 54.5 Å². The van der Waals surface area contributed by atoms with Crippen LogP contribution < -0.4 is 14.9 Å². The number of alkyl halides is 6. The van der Waals surface area contributed by atoms with Crippen LogP contribution in [0.5, 0.6) is 17.4 Å². The Morgan fingerprint density at radius 2 is 1.64 bits per heavy atom. The summed E-state index contributed by atoms with van der Waals surface area (Å²) in [4.78, 5) is 12.5. The molecule has 1 heterocycles. The number of benzene rings is 2. The molecule has 0 unspecified atom stereocenters. The Labute approximate surface area is 181 Å². The Hall–Kier alpha value is -3.90. The van der Waals surface area contributed by atoms with Gasteiger partial charge in [0.05, 0.1) is 17.2 Å². The van der Waals surface area contributed by atoms with Gasteiger partial charge in [0.1, 0.15) is 11.5 Å². The van der Waals surface area contributed by atoms with Gasteiger partial charge in [0.2, 0.25) is 0 Å². The van der Waals surface area contributed by atoms with Crippen LogP contribution in [0.4, 0.5) is 26.3 Å². The predicted octanol–water partition coefficient (Wildman–Crippen LogP) is 4.78. The van der Waals surface area contributed by atoms with Gasteiger partial charge in [-0.05, 0) is 24.3 Å². The van der Waals surface area contributed by atoms with Crippen molar-refractivity contribution in [3.63, 3.8) is 0 Å². The third-order valence-electron chi connectivity index (χ3n) is 3.97. The summed E-state index contributed by atoms with van der Waals surface area (Å²) in [6, 6.07) is 9.06. The average molecular weight is 476 g/mol. The van der Waals surface area contributed by atoms with E-state index in [-0.39, 0.29) is 5.76 Å². The number of aromatic hydroxyl groups is 1. The topological polar surface area (TPSA) is 93.3 Å². The molecule has 0 aliphatic carbocycles. The summed E-state index contributed by atoms with van der Waals surface area (Å²) in [5.74, 6) is -2.40. The van der Waals surface area contributed by atoms with Gasteiger partial charge in [0.15, 0.2) is 19.0 Å². The summed E-state index contributed by atoms with van der Waals surface area (Å²) in [6.07, 6.45) is -8.37. The van der Waals surface area contributed by atoms with Crippen LogP contribution in [-0.2, 0) is 0 Å². The molecule has 0 saturated heterocycles. The molecule has 0 radical (unpaired) electrons. The van der Waals surface area contributed by atoms with Crippen molar-refractivity contribution in [3.8, 4) is 17.4 Å². The van der Waals surface area contributed by atoms with E-state index in [9.17, 15) is 36.2 Å². The molecule has 176 valence electrons. The second-order valence-electron chi connectivity index (χ2n) is 6.48. The summed E-state index contributed by atoms with van der Waals surface area (Å²) in [5, 5.41) is 14.2. The molecule has 0 fully saturated rings. The first-order chi connectivity index (χ1) is 15.4. The number of halogens is 6. The maximum Gasteiger partial charge on any atom is 0.422 e. The Morgan fingerprint density at radius 3 is 2.30 bits per heavy atom. The lowest BCUT2D eigenvalue weighted by atomic mass is 10.2. The van der Waals surface area contributed by atoms with E-state index in [0.29, 0.717) is 10.8 Å². The SMILES string of the molecule is O=C(NN=Cc1oc(O)c2ccccc12)c1cc(OCC(F)(F)F)ccc1OCC(F)(F)F. The molecule has 0 atom stereocenters. The number of hydrogen-bond donors (Lipinski definition) is 2. The quantitative estimate of drug-likeness (QED) is 0.291. The van der Waals surface area contributed by atoms with Gasteiger partial charge in [-0.15, -0.1) is 0 Å². The van der Waals surface area contributed by atoms with Gasteiger partial charge >= 0.3 is 12.4 Å². The first-order valence-corrected chi connectivity index (χ1v) is 9.00. The standard InChI is InChI=1S/C20H14F6N2O5/c21-19(22,23)9-31-11-5-6-15(32-10-20(24,25)26)14(7-11)17(29)28-27-8-16-12-3-1-2-4-13(12)18(30)33-16/h1-8,30H,9-10H2,(H,28,29). The van der Waals surface area contributed by atoms with Gasteiger partial charge in [-0.3, -0.25) is 4.79 Å². The number of hydrogen-bond acceptors (Lipinski definition) is 6. The summed E-state index contributed by atoms with van der Waals surface area (Å²) in [6.45, 7) is -3.42. The molecular formula is C20H14F6N2O5. The molecule has 2 aromatic carbocycles. The predicted molar refractivity (Wildman–Crippen MR) is 102 cm³/mol. The van der Waals surface area contributed by atoms with Gasteiger partial charge in [0.25, 0.3) is 11.9 Å². The molecule has 3 aromatic rings. The first kappa shape index (κ1) is 23.8. The normalized spacial score (nSPS) is 12.3. The number of fused-ring (bicyclic) bond motifs is 1. The van der Waals surface area contributed by atoms with Crippen molar-refractivity contribution >= 4 is 22.9 Å². The Morgan fingerprint density at radius 1 is 1.00 bits per heavy atom. The minimum absolute atomic E-state index is 0.0687. The van der Waals surface area contributed by atoms with Gasteiger partial charge in [-0.25, -0.2) is 5.43 Å². The Kier molecular flexibility index (Phi) is 6.70. The van der Waals surface area contributed by atoms with Gasteiger partial charge in [0, 0.05) is 5.39 Å².